The van der Waals surface area contributed by atoms with Gasteiger partial charge in [0.15, 0.2) is 0 Å². The van der Waals surface area contributed by atoms with Crippen LogP contribution >= 0.6 is 0 Å². The van der Waals surface area contributed by atoms with Gasteiger partial charge in [0.05, 0.1) is 19.3 Å². The Kier molecular flexibility index (Phi) is 3.15. The van der Waals surface area contributed by atoms with Gasteiger partial charge in [-0.15, -0.1) is 0 Å². The van der Waals surface area contributed by atoms with Gasteiger partial charge in [-0.2, -0.15) is 0 Å². The molecule has 2 nitrogen and oxygen atoms in total. The highest BCUT2D eigenvalue weighted by Gasteiger charge is 2.61. The van der Waals surface area contributed by atoms with Crippen LogP contribution in [0.25, 0.3) is 11.1 Å². The van der Waals surface area contributed by atoms with Gasteiger partial charge in [0.25, 0.3) is 0 Å². The SMILES string of the molecule is COc1cccc2c1[C@H]1O[C@@H]2[C@@H]2C(c3ccccc3)=C(c3ccccc3)[C@@H]21. The molecule has 27 heavy (non-hydrogen) atoms. The van der Waals surface area contributed by atoms with Crippen molar-refractivity contribution in [1.29, 1.82) is 0 Å². The number of fused-ring (bicyclic) bond motifs is 8. The molecule has 2 bridgehead atoms. The van der Waals surface area contributed by atoms with Crippen LogP contribution in [0, 0.1) is 11.8 Å². The third kappa shape index (κ3) is 1.94. The molecule has 0 aromatic heterocycles. The summed E-state index contributed by atoms with van der Waals surface area (Å²) in [4.78, 5) is 0. The largest absolute Gasteiger partial charge is 0.496 e. The molecule has 1 aliphatic carbocycles. The second kappa shape index (κ2) is 5.58. The lowest BCUT2D eigenvalue weighted by molar-refractivity contribution is 0.0623. The molecule has 0 unspecified atom stereocenters. The fourth-order valence-corrected chi connectivity index (χ4v) is 5.37. The smallest absolute Gasteiger partial charge is 0.125 e. The summed E-state index contributed by atoms with van der Waals surface area (Å²) in [6.07, 6.45) is 0.224. The molecule has 1 saturated heterocycles. The summed E-state index contributed by atoms with van der Waals surface area (Å²) in [5.41, 5.74) is 8.08. The van der Waals surface area contributed by atoms with Gasteiger partial charge in [-0.05, 0) is 33.9 Å². The Morgan fingerprint density at radius 1 is 0.667 bits per heavy atom. The van der Waals surface area contributed by atoms with Crippen LogP contribution in [0.3, 0.4) is 0 Å². The first-order valence-corrected chi connectivity index (χ1v) is 9.55. The molecule has 2 aliphatic heterocycles. The van der Waals surface area contributed by atoms with Gasteiger partial charge < -0.3 is 9.47 Å². The van der Waals surface area contributed by atoms with Gasteiger partial charge in [-0.1, -0.05) is 72.8 Å². The van der Waals surface area contributed by atoms with Crippen molar-refractivity contribution in [3.63, 3.8) is 0 Å². The Morgan fingerprint density at radius 2 is 1.26 bits per heavy atom. The fourth-order valence-electron chi connectivity index (χ4n) is 5.37. The zero-order chi connectivity index (χ0) is 18.0. The molecule has 2 heteroatoms. The van der Waals surface area contributed by atoms with Crippen molar-refractivity contribution >= 4 is 11.1 Å². The highest BCUT2D eigenvalue weighted by Crippen LogP contribution is 2.72. The van der Waals surface area contributed by atoms with Crippen molar-refractivity contribution in [3.05, 3.63) is 101 Å². The fraction of sp³-hybridized carbons (Fsp3) is 0.200. The van der Waals surface area contributed by atoms with Crippen LogP contribution in [0.4, 0.5) is 0 Å². The van der Waals surface area contributed by atoms with E-state index in [1.807, 2.05) is 0 Å². The predicted octanol–water partition coefficient (Wildman–Crippen LogP) is 5.68. The van der Waals surface area contributed by atoms with Crippen molar-refractivity contribution < 1.29 is 9.47 Å². The summed E-state index contributed by atoms with van der Waals surface area (Å²) >= 11 is 0. The van der Waals surface area contributed by atoms with Crippen LogP contribution in [0.15, 0.2) is 78.9 Å². The first-order chi connectivity index (χ1) is 13.4. The molecule has 3 aliphatic rings. The molecule has 0 spiro atoms. The number of hydrogen-bond acceptors (Lipinski definition) is 2. The Hall–Kier alpha value is -2.84. The molecule has 132 valence electrons. The van der Waals surface area contributed by atoms with Crippen molar-refractivity contribution in [1.82, 2.24) is 0 Å². The summed E-state index contributed by atoms with van der Waals surface area (Å²) in [5.74, 6) is 1.78. The first-order valence-electron chi connectivity index (χ1n) is 9.55. The van der Waals surface area contributed by atoms with E-state index in [0.29, 0.717) is 11.8 Å². The van der Waals surface area contributed by atoms with Crippen LogP contribution in [0.2, 0.25) is 0 Å². The minimum absolute atomic E-state index is 0.0915. The van der Waals surface area contributed by atoms with E-state index in [1.54, 1.807) is 7.11 Å². The molecule has 0 amide bonds. The average Bonchev–Trinajstić information content (AvgIpc) is 3.22. The minimum atomic E-state index is 0.0915. The van der Waals surface area contributed by atoms with Gasteiger partial charge in [0.2, 0.25) is 0 Å². The van der Waals surface area contributed by atoms with Gasteiger partial charge >= 0.3 is 0 Å². The molecular weight excluding hydrogens is 332 g/mol. The standard InChI is InChI=1S/C25H20O2/c1-26-18-14-8-13-17-21(18)25-23-20(16-11-6-3-7-12-16)19(22(23)24(17)27-25)15-9-4-2-5-10-15/h2-14,22-25H,1H3/t22-,23+,24+,25-/m1/s1. The van der Waals surface area contributed by atoms with E-state index >= 15 is 0 Å². The number of benzene rings is 3. The van der Waals surface area contributed by atoms with Crippen LogP contribution in [0.5, 0.6) is 5.75 Å². The number of hydrogen-bond donors (Lipinski definition) is 0. The second-order valence-corrected chi connectivity index (χ2v) is 7.55. The van der Waals surface area contributed by atoms with Crippen molar-refractivity contribution in [2.75, 3.05) is 7.11 Å². The van der Waals surface area contributed by atoms with E-state index in [9.17, 15) is 0 Å². The Bertz CT molecular complexity index is 1050. The normalized spacial score (nSPS) is 27.1. The summed E-state index contributed by atoms with van der Waals surface area (Å²) in [6, 6.07) is 27.9. The molecule has 3 aromatic carbocycles. The topological polar surface area (TPSA) is 18.5 Å². The lowest BCUT2D eigenvalue weighted by Gasteiger charge is -2.44. The van der Waals surface area contributed by atoms with E-state index in [2.05, 4.69) is 78.9 Å². The van der Waals surface area contributed by atoms with Gasteiger partial charge in [0.1, 0.15) is 5.75 Å². The molecule has 0 saturated carbocycles. The van der Waals surface area contributed by atoms with Gasteiger partial charge in [-0.25, -0.2) is 0 Å². The Labute approximate surface area is 159 Å². The minimum Gasteiger partial charge on any atom is -0.496 e. The second-order valence-electron chi connectivity index (χ2n) is 7.55. The zero-order valence-corrected chi connectivity index (χ0v) is 15.1. The lowest BCUT2D eigenvalue weighted by atomic mass is 9.57. The summed E-state index contributed by atoms with van der Waals surface area (Å²) < 4.78 is 12.2. The van der Waals surface area contributed by atoms with E-state index < -0.39 is 0 Å². The van der Waals surface area contributed by atoms with Crippen LogP contribution in [-0.2, 0) is 4.74 Å². The number of ether oxygens (including phenoxy) is 2. The molecule has 3 aromatic rings. The number of rotatable bonds is 3. The van der Waals surface area contributed by atoms with Crippen molar-refractivity contribution in [2.24, 2.45) is 11.8 Å². The van der Waals surface area contributed by atoms with Crippen LogP contribution in [-0.4, -0.2) is 7.11 Å². The summed E-state index contributed by atoms with van der Waals surface area (Å²) in [5, 5.41) is 0. The van der Waals surface area contributed by atoms with E-state index in [4.69, 9.17) is 9.47 Å². The quantitative estimate of drug-likeness (QED) is 0.604. The Balaban J connectivity index is 1.56. The average molecular weight is 352 g/mol. The first kappa shape index (κ1) is 15.2. The highest BCUT2D eigenvalue weighted by atomic mass is 16.5. The third-order valence-corrected chi connectivity index (χ3v) is 6.37. The van der Waals surface area contributed by atoms with Crippen molar-refractivity contribution in [3.8, 4) is 5.75 Å². The van der Waals surface area contributed by atoms with Crippen LogP contribution < -0.4 is 4.74 Å². The molecule has 6 rings (SSSR count). The van der Waals surface area contributed by atoms with Crippen molar-refractivity contribution in [2.45, 2.75) is 12.2 Å². The molecule has 2 heterocycles. The van der Waals surface area contributed by atoms with E-state index in [1.165, 1.54) is 33.4 Å². The highest BCUT2D eigenvalue weighted by molar-refractivity contribution is 6.01. The van der Waals surface area contributed by atoms with E-state index in [-0.39, 0.29) is 12.2 Å². The molecule has 1 fully saturated rings. The maximum Gasteiger partial charge on any atom is 0.125 e. The molecular formula is C25H20O2. The summed E-state index contributed by atoms with van der Waals surface area (Å²) in [6.45, 7) is 0. The third-order valence-electron chi connectivity index (χ3n) is 6.37. The zero-order valence-electron chi connectivity index (χ0n) is 15.1. The molecule has 4 atom stereocenters. The van der Waals surface area contributed by atoms with Gasteiger partial charge in [-0.3, -0.25) is 0 Å². The predicted molar refractivity (Wildman–Crippen MR) is 106 cm³/mol. The maximum absolute atomic E-state index is 6.55. The monoisotopic (exact) mass is 352 g/mol. The van der Waals surface area contributed by atoms with E-state index in [0.717, 1.165) is 5.75 Å². The number of methoxy groups -OCH3 is 1. The summed E-state index contributed by atoms with van der Waals surface area (Å²) in [7, 11) is 1.75. The molecule has 0 radical (unpaired) electrons. The van der Waals surface area contributed by atoms with Crippen LogP contribution in [0.1, 0.15) is 34.5 Å². The van der Waals surface area contributed by atoms with Gasteiger partial charge in [0, 0.05) is 17.4 Å². The maximum atomic E-state index is 6.55. The lowest BCUT2D eigenvalue weighted by Crippen LogP contribution is -2.33. The molecule has 0 N–H and O–H groups in total. The Morgan fingerprint density at radius 3 is 1.85 bits per heavy atom.